The molecule has 9 aromatic rings. The van der Waals surface area contributed by atoms with E-state index in [0.717, 1.165) is 16.7 Å². The van der Waals surface area contributed by atoms with Crippen LogP contribution in [0.5, 0.6) is 0 Å². The van der Waals surface area contributed by atoms with Crippen molar-refractivity contribution in [3.63, 3.8) is 0 Å². The summed E-state index contributed by atoms with van der Waals surface area (Å²) in [7, 11) is 0. The number of nitrogens with zero attached hydrogens (tertiary/aromatic N) is 4. The predicted octanol–water partition coefficient (Wildman–Crippen LogP) is 11.0. The molecule has 5 heteroatoms. The molecule has 0 amide bonds. The van der Waals surface area contributed by atoms with Gasteiger partial charge in [0.15, 0.2) is 17.5 Å². The first-order chi connectivity index (χ1) is 23.1. The van der Waals surface area contributed by atoms with Gasteiger partial charge >= 0.3 is 0 Å². The zero-order valence-electron chi connectivity index (χ0n) is 25.9. The maximum absolute atomic E-state index is 5.06. The molecule has 222 valence electrons. The second kappa shape index (κ2) is 9.68. The fourth-order valence-corrected chi connectivity index (χ4v) is 8.67. The summed E-state index contributed by atoms with van der Waals surface area (Å²) in [4.78, 5) is 15.0. The van der Waals surface area contributed by atoms with Crippen molar-refractivity contribution in [3.8, 4) is 39.9 Å². The number of fused-ring (bicyclic) bond motifs is 9. The highest BCUT2D eigenvalue weighted by Gasteiger charge is 2.36. The molecule has 0 unspecified atom stereocenters. The molecule has 0 N–H and O–H groups in total. The summed E-state index contributed by atoms with van der Waals surface area (Å²) in [6.07, 6.45) is 0. The minimum Gasteiger partial charge on any atom is -0.308 e. The summed E-state index contributed by atoms with van der Waals surface area (Å²) in [6.45, 7) is 4.69. The molecular weight excluding hydrogens is 593 g/mol. The van der Waals surface area contributed by atoms with E-state index in [1.807, 2.05) is 47.7 Å². The van der Waals surface area contributed by atoms with E-state index in [1.165, 1.54) is 58.8 Å². The molecule has 47 heavy (non-hydrogen) atoms. The topological polar surface area (TPSA) is 43.6 Å². The molecule has 0 saturated heterocycles. The zero-order valence-corrected chi connectivity index (χ0v) is 26.7. The zero-order chi connectivity index (χ0) is 31.3. The Bertz CT molecular complexity index is 2640. The van der Waals surface area contributed by atoms with Crippen LogP contribution in [0.3, 0.4) is 0 Å². The average molecular weight is 621 g/mol. The quantitative estimate of drug-likeness (QED) is 0.197. The van der Waals surface area contributed by atoms with E-state index in [2.05, 4.69) is 115 Å². The Morgan fingerprint density at radius 2 is 1.11 bits per heavy atom. The van der Waals surface area contributed by atoms with Crippen molar-refractivity contribution in [1.29, 1.82) is 0 Å². The van der Waals surface area contributed by atoms with E-state index >= 15 is 0 Å². The van der Waals surface area contributed by atoms with Crippen LogP contribution in [-0.4, -0.2) is 19.5 Å². The molecule has 0 aliphatic carbocycles. The molecule has 10 rings (SSSR count). The van der Waals surface area contributed by atoms with Crippen LogP contribution in [0.4, 0.5) is 0 Å². The van der Waals surface area contributed by atoms with Crippen molar-refractivity contribution in [3.05, 3.63) is 145 Å². The van der Waals surface area contributed by atoms with Gasteiger partial charge in [-0.05, 0) is 41.5 Å². The molecule has 0 fully saturated rings. The lowest BCUT2D eigenvalue weighted by atomic mass is 9.74. The van der Waals surface area contributed by atoms with E-state index in [1.54, 1.807) is 0 Å². The summed E-state index contributed by atoms with van der Waals surface area (Å²) in [6, 6.07) is 47.4. The van der Waals surface area contributed by atoms with Gasteiger partial charge in [0.05, 0.1) is 16.7 Å². The third-order valence-electron chi connectivity index (χ3n) is 9.83. The van der Waals surface area contributed by atoms with Crippen molar-refractivity contribution in [1.82, 2.24) is 19.5 Å². The number of hydrogen-bond donors (Lipinski definition) is 0. The molecule has 3 aromatic heterocycles. The Balaban J connectivity index is 1.26. The van der Waals surface area contributed by atoms with Crippen molar-refractivity contribution in [2.75, 3.05) is 0 Å². The number of benzene rings is 6. The van der Waals surface area contributed by atoms with Gasteiger partial charge in [-0.2, -0.15) is 0 Å². The van der Waals surface area contributed by atoms with Gasteiger partial charge in [0.2, 0.25) is 0 Å². The fourth-order valence-electron chi connectivity index (χ4n) is 7.56. The first-order valence-corrected chi connectivity index (χ1v) is 16.8. The van der Waals surface area contributed by atoms with E-state index in [0.29, 0.717) is 17.5 Å². The molecule has 1 aliphatic rings. The van der Waals surface area contributed by atoms with Gasteiger partial charge in [0, 0.05) is 53.1 Å². The third kappa shape index (κ3) is 3.78. The van der Waals surface area contributed by atoms with Crippen LogP contribution in [-0.2, 0) is 5.41 Å². The molecule has 6 aromatic carbocycles. The second-order valence-corrected chi connectivity index (χ2v) is 13.9. The summed E-state index contributed by atoms with van der Waals surface area (Å²) in [5.74, 6) is 2.01. The summed E-state index contributed by atoms with van der Waals surface area (Å²) in [5.41, 5.74) is 9.04. The van der Waals surface area contributed by atoms with E-state index in [4.69, 9.17) is 15.0 Å². The standard InChI is InChI=1S/C42H28N4S/c1-42(2)31-18-11-17-28-29-21-23-35-36(30-16-9-10-19-34(30)47-35)38(29)46(37(28)31)33-22-20-27(24-32(33)42)41-44-39(25-12-5-3-6-13-25)43-40(45-41)26-14-7-4-8-15-26/h3-24H,1-2H3. The summed E-state index contributed by atoms with van der Waals surface area (Å²) in [5, 5.41) is 5.24. The van der Waals surface area contributed by atoms with Gasteiger partial charge in [-0.3, -0.25) is 0 Å². The summed E-state index contributed by atoms with van der Waals surface area (Å²) < 4.78 is 5.16. The lowest BCUT2D eigenvalue weighted by Gasteiger charge is -2.35. The molecule has 1 aliphatic heterocycles. The molecule has 0 saturated carbocycles. The van der Waals surface area contributed by atoms with Gasteiger partial charge < -0.3 is 4.57 Å². The number of para-hydroxylation sites is 1. The minimum absolute atomic E-state index is 0.247. The largest absolute Gasteiger partial charge is 0.308 e. The van der Waals surface area contributed by atoms with Crippen LogP contribution in [0.1, 0.15) is 25.0 Å². The van der Waals surface area contributed by atoms with Crippen LogP contribution in [0.2, 0.25) is 0 Å². The lowest BCUT2D eigenvalue weighted by molar-refractivity contribution is 0.630. The SMILES string of the molecule is CC1(C)c2cc(-c3nc(-c4ccccc4)nc(-c4ccccc4)n3)ccc2-n2c3c1cccc3c1ccc3sc4ccccc4c3c12. The highest BCUT2D eigenvalue weighted by atomic mass is 32.1. The predicted molar refractivity (Wildman–Crippen MR) is 195 cm³/mol. The van der Waals surface area contributed by atoms with Crippen molar-refractivity contribution in [2.45, 2.75) is 19.3 Å². The minimum atomic E-state index is -0.247. The average Bonchev–Trinajstić information content (AvgIpc) is 3.67. The van der Waals surface area contributed by atoms with Crippen LogP contribution >= 0.6 is 11.3 Å². The van der Waals surface area contributed by atoms with Gasteiger partial charge in [-0.15, -0.1) is 11.3 Å². The molecule has 0 radical (unpaired) electrons. The van der Waals surface area contributed by atoms with Gasteiger partial charge in [-0.25, -0.2) is 15.0 Å². The maximum Gasteiger partial charge on any atom is 0.164 e. The molecule has 0 atom stereocenters. The Labute approximate surface area is 275 Å². The molecular formula is C42H28N4S. The number of thiophene rings is 1. The Hall–Kier alpha value is -5.65. The highest BCUT2D eigenvalue weighted by Crippen LogP contribution is 2.50. The van der Waals surface area contributed by atoms with Crippen LogP contribution in [0, 0.1) is 0 Å². The highest BCUT2D eigenvalue weighted by molar-refractivity contribution is 7.26. The normalized spacial score (nSPS) is 13.5. The smallest absolute Gasteiger partial charge is 0.164 e. The van der Waals surface area contributed by atoms with Crippen molar-refractivity contribution < 1.29 is 0 Å². The van der Waals surface area contributed by atoms with Crippen LogP contribution < -0.4 is 0 Å². The Morgan fingerprint density at radius 3 is 1.83 bits per heavy atom. The number of hydrogen-bond acceptors (Lipinski definition) is 4. The van der Waals surface area contributed by atoms with E-state index in [9.17, 15) is 0 Å². The van der Waals surface area contributed by atoms with E-state index < -0.39 is 0 Å². The first kappa shape index (κ1) is 26.6. The van der Waals surface area contributed by atoms with Gasteiger partial charge in [0.25, 0.3) is 0 Å². The molecule has 4 nitrogen and oxygen atoms in total. The first-order valence-electron chi connectivity index (χ1n) is 16.0. The summed E-state index contributed by atoms with van der Waals surface area (Å²) >= 11 is 1.87. The van der Waals surface area contributed by atoms with Crippen LogP contribution in [0.25, 0.3) is 81.8 Å². The third-order valence-corrected chi connectivity index (χ3v) is 11.0. The monoisotopic (exact) mass is 620 g/mol. The molecule has 0 spiro atoms. The maximum atomic E-state index is 5.06. The van der Waals surface area contributed by atoms with Gasteiger partial charge in [-0.1, -0.05) is 117 Å². The Kier molecular flexibility index (Phi) is 5.47. The second-order valence-electron chi connectivity index (χ2n) is 12.9. The number of aromatic nitrogens is 4. The Morgan fingerprint density at radius 1 is 0.489 bits per heavy atom. The van der Waals surface area contributed by atoms with Gasteiger partial charge in [0.1, 0.15) is 0 Å². The number of rotatable bonds is 3. The van der Waals surface area contributed by atoms with E-state index in [-0.39, 0.29) is 5.41 Å². The molecule has 0 bridgehead atoms. The lowest BCUT2D eigenvalue weighted by Crippen LogP contribution is -2.26. The van der Waals surface area contributed by atoms with Crippen LogP contribution in [0.15, 0.2) is 133 Å². The van der Waals surface area contributed by atoms with Crippen molar-refractivity contribution in [2.24, 2.45) is 0 Å². The molecule has 4 heterocycles. The van der Waals surface area contributed by atoms with Crippen molar-refractivity contribution >= 4 is 53.3 Å². The fraction of sp³-hybridized carbons (Fsp3) is 0.0714.